The van der Waals surface area contributed by atoms with Crippen molar-refractivity contribution in [2.45, 2.75) is 13.5 Å². The van der Waals surface area contributed by atoms with Gasteiger partial charge in [0.15, 0.2) is 0 Å². The molecule has 4 N–H and O–H groups in total. The maximum absolute atomic E-state index is 11.4. The average Bonchev–Trinajstić information content (AvgIpc) is 3.14. The number of H-pyrrole nitrogens is 3. The van der Waals surface area contributed by atoms with Gasteiger partial charge in [-0.05, 0) is 37.3 Å². The summed E-state index contributed by atoms with van der Waals surface area (Å²) in [5, 5.41) is 9.53. The van der Waals surface area contributed by atoms with E-state index >= 15 is 0 Å². The normalized spacial score (nSPS) is 11.4. The highest BCUT2D eigenvalue weighted by atomic mass is 16.5. The summed E-state index contributed by atoms with van der Waals surface area (Å²) < 4.78 is 5.50. The van der Waals surface area contributed by atoms with Crippen molar-refractivity contribution in [2.24, 2.45) is 0 Å². The minimum absolute atomic E-state index is 0.104. The minimum atomic E-state index is -0.239. The lowest BCUT2D eigenvalue weighted by Gasteiger charge is -2.09. The molecule has 4 aromatic rings. The van der Waals surface area contributed by atoms with Crippen LogP contribution in [-0.4, -0.2) is 31.6 Å². The van der Waals surface area contributed by atoms with E-state index in [2.05, 4.69) is 19.9 Å². The topological polar surface area (TPSA) is 107 Å². The molecule has 2 heterocycles. The molecule has 0 bridgehead atoms. The molecule has 7 nitrogen and oxygen atoms in total. The van der Waals surface area contributed by atoms with E-state index in [-0.39, 0.29) is 12.3 Å². The summed E-state index contributed by atoms with van der Waals surface area (Å²) in [6, 6.07) is 9.26. The first-order valence-corrected chi connectivity index (χ1v) is 7.66. The molecule has 4 rings (SSSR count). The Morgan fingerprint density at radius 2 is 1.88 bits per heavy atom. The zero-order valence-corrected chi connectivity index (χ0v) is 13.0. The summed E-state index contributed by atoms with van der Waals surface area (Å²) in [6.45, 7) is 2.34. The predicted molar refractivity (Wildman–Crippen MR) is 91.1 cm³/mol. The lowest BCUT2D eigenvalue weighted by molar-refractivity contribution is 0.267. The molecule has 0 aliphatic rings. The molecule has 2 aromatic heterocycles. The van der Waals surface area contributed by atoms with Gasteiger partial charge in [-0.25, -0.2) is 9.78 Å². The maximum atomic E-state index is 11.4. The Hall–Kier alpha value is -3.06. The van der Waals surface area contributed by atoms with E-state index in [1.807, 2.05) is 37.3 Å². The summed E-state index contributed by atoms with van der Waals surface area (Å²) in [5.74, 6) is 1.36. The van der Waals surface area contributed by atoms with Crippen molar-refractivity contribution in [1.82, 2.24) is 19.9 Å². The van der Waals surface area contributed by atoms with Crippen LogP contribution >= 0.6 is 0 Å². The van der Waals surface area contributed by atoms with Gasteiger partial charge in [-0.1, -0.05) is 0 Å². The molecule has 0 aliphatic carbocycles. The van der Waals surface area contributed by atoms with Gasteiger partial charge in [0.2, 0.25) is 0 Å². The minimum Gasteiger partial charge on any atom is -0.494 e. The number of nitrogens with one attached hydrogen (secondary N) is 3. The van der Waals surface area contributed by atoms with Gasteiger partial charge in [-0.2, -0.15) is 0 Å². The van der Waals surface area contributed by atoms with Crippen LogP contribution in [0.1, 0.15) is 12.5 Å². The second kappa shape index (κ2) is 5.54. The summed E-state index contributed by atoms with van der Waals surface area (Å²) in [5.41, 5.74) is 4.36. The first-order valence-electron chi connectivity index (χ1n) is 7.66. The smallest absolute Gasteiger partial charge is 0.323 e. The van der Waals surface area contributed by atoms with Crippen LogP contribution in [0.4, 0.5) is 0 Å². The molecule has 0 spiro atoms. The van der Waals surface area contributed by atoms with Crippen LogP contribution in [0.15, 0.2) is 35.1 Å². The number of hydrogen-bond acceptors (Lipinski definition) is 4. The van der Waals surface area contributed by atoms with E-state index in [1.54, 1.807) is 0 Å². The van der Waals surface area contributed by atoms with Crippen molar-refractivity contribution in [1.29, 1.82) is 0 Å². The fourth-order valence-electron chi connectivity index (χ4n) is 2.82. The number of benzene rings is 2. The van der Waals surface area contributed by atoms with Crippen molar-refractivity contribution >= 4 is 22.1 Å². The fraction of sp³-hybridized carbons (Fsp3) is 0.176. The summed E-state index contributed by atoms with van der Waals surface area (Å²) in [4.78, 5) is 24.6. The number of aromatic nitrogens is 4. The van der Waals surface area contributed by atoms with E-state index in [0.29, 0.717) is 29.3 Å². The summed E-state index contributed by atoms with van der Waals surface area (Å²) in [7, 11) is 0. The third kappa shape index (κ3) is 2.35. The molecule has 0 aliphatic heterocycles. The lowest BCUT2D eigenvalue weighted by Crippen LogP contribution is -1.99. The van der Waals surface area contributed by atoms with Gasteiger partial charge in [0.1, 0.15) is 11.6 Å². The van der Waals surface area contributed by atoms with Crippen LogP contribution in [-0.2, 0) is 6.61 Å². The van der Waals surface area contributed by atoms with Gasteiger partial charge in [-0.3, -0.25) is 0 Å². The van der Waals surface area contributed by atoms with Gasteiger partial charge in [0.05, 0.1) is 35.3 Å². The first kappa shape index (κ1) is 14.5. The van der Waals surface area contributed by atoms with Crippen molar-refractivity contribution < 1.29 is 9.84 Å². The van der Waals surface area contributed by atoms with Crippen LogP contribution in [0.2, 0.25) is 0 Å². The van der Waals surface area contributed by atoms with Crippen LogP contribution in [0.25, 0.3) is 33.5 Å². The Labute approximate surface area is 136 Å². The molecular formula is C17H16N4O3. The number of aliphatic hydroxyl groups excluding tert-OH is 1. The van der Waals surface area contributed by atoms with E-state index in [9.17, 15) is 9.90 Å². The molecule has 0 amide bonds. The van der Waals surface area contributed by atoms with Crippen molar-refractivity contribution in [3.63, 3.8) is 0 Å². The van der Waals surface area contributed by atoms with Gasteiger partial charge < -0.3 is 24.8 Å². The first-order chi connectivity index (χ1) is 11.7. The van der Waals surface area contributed by atoms with Gasteiger partial charge >= 0.3 is 5.69 Å². The highest BCUT2D eigenvalue weighted by Crippen LogP contribution is 2.27. The van der Waals surface area contributed by atoms with E-state index in [4.69, 9.17) is 4.74 Å². The third-order valence-electron chi connectivity index (χ3n) is 3.92. The number of ether oxygens (including phenoxy) is 1. The molecule has 0 saturated carbocycles. The van der Waals surface area contributed by atoms with Crippen LogP contribution < -0.4 is 10.4 Å². The molecule has 0 saturated heterocycles. The number of imidazole rings is 2. The highest BCUT2D eigenvalue weighted by Gasteiger charge is 2.11. The molecule has 0 radical (unpaired) electrons. The van der Waals surface area contributed by atoms with Gasteiger partial charge in [-0.15, -0.1) is 0 Å². The summed E-state index contributed by atoms with van der Waals surface area (Å²) >= 11 is 0. The maximum Gasteiger partial charge on any atom is 0.323 e. The summed E-state index contributed by atoms with van der Waals surface area (Å²) in [6.07, 6.45) is 0. The Balaban J connectivity index is 1.82. The molecule has 24 heavy (non-hydrogen) atoms. The molecule has 0 atom stereocenters. The number of aromatic amines is 3. The van der Waals surface area contributed by atoms with Crippen LogP contribution in [0.3, 0.4) is 0 Å². The molecular weight excluding hydrogens is 308 g/mol. The Morgan fingerprint density at radius 1 is 1.08 bits per heavy atom. The Bertz CT molecular complexity index is 1040. The number of aliphatic hydroxyl groups is 1. The standard InChI is InChI=1S/C17H16N4O3/c1-2-24-15-4-3-9(5-10(15)8-22)16-18-11-6-13-14(7-12(11)19-16)21-17(23)20-13/h3-7,22H,2,8H2,1H3,(H,18,19)(H2,20,21,23). The average molecular weight is 324 g/mol. The quantitative estimate of drug-likeness (QED) is 0.462. The number of nitrogens with zero attached hydrogens (tertiary/aromatic N) is 1. The van der Waals surface area contributed by atoms with E-state index in [1.165, 1.54) is 0 Å². The van der Waals surface area contributed by atoms with Gasteiger partial charge in [0.25, 0.3) is 0 Å². The zero-order chi connectivity index (χ0) is 16.7. The lowest BCUT2D eigenvalue weighted by atomic mass is 10.1. The molecule has 0 fully saturated rings. The van der Waals surface area contributed by atoms with Gasteiger partial charge in [0, 0.05) is 11.1 Å². The SMILES string of the molecule is CCOc1ccc(-c2nc3cc4[nH]c(=O)[nH]c4cc3[nH]2)cc1CO. The number of rotatable bonds is 4. The number of fused-ring (bicyclic) bond motifs is 2. The van der Waals surface area contributed by atoms with Crippen molar-refractivity contribution in [2.75, 3.05) is 6.61 Å². The van der Waals surface area contributed by atoms with E-state index in [0.717, 1.165) is 22.1 Å². The van der Waals surface area contributed by atoms with E-state index < -0.39 is 0 Å². The third-order valence-corrected chi connectivity index (χ3v) is 3.92. The zero-order valence-electron chi connectivity index (χ0n) is 13.0. The largest absolute Gasteiger partial charge is 0.494 e. The van der Waals surface area contributed by atoms with Crippen LogP contribution in [0, 0.1) is 0 Å². The second-order valence-corrected chi connectivity index (χ2v) is 5.49. The number of hydrogen-bond donors (Lipinski definition) is 4. The monoisotopic (exact) mass is 324 g/mol. The fourth-order valence-corrected chi connectivity index (χ4v) is 2.82. The highest BCUT2D eigenvalue weighted by molar-refractivity contribution is 5.92. The molecule has 7 heteroatoms. The Kier molecular flexibility index (Phi) is 3.35. The van der Waals surface area contributed by atoms with Crippen molar-refractivity contribution in [3.05, 3.63) is 46.4 Å². The molecule has 122 valence electrons. The second-order valence-electron chi connectivity index (χ2n) is 5.49. The van der Waals surface area contributed by atoms with Crippen LogP contribution in [0.5, 0.6) is 5.75 Å². The Morgan fingerprint density at radius 3 is 2.62 bits per heavy atom. The predicted octanol–water partition coefficient (Wildman–Crippen LogP) is 2.29. The molecule has 0 unspecified atom stereocenters. The molecule has 2 aromatic carbocycles. The van der Waals surface area contributed by atoms with Crippen molar-refractivity contribution in [3.8, 4) is 17.1 Å².